The van der Waals surface area contributed by atoms with Gasteiger partial charge in [-0.25, -0.2) is 9.78 Å². The van der Waals surface area contributed by atoms with E-state index in [0.717, 1.165) is 0 Å². The number of imidazole rings is 1. The predicted octanol–water partition coefficient (Wildman–Crippen LogP) is 0.258. The minimum absolute atomic E-state index is 0.212. The zero-order valence-corrected chi connectivity index (χ0v) is 8.04. The number of carbonyl (C=O) groups is 2. The van der Waals surface area contributed by atoms with Crippen LogP contribution in [0.4, 0.5) is 4.79 Å². The molecule has 1 fully saturated rings. The van der Waals surface area contributed by atoms with Gasteiger partial charge in [0.1, 0.15) is 6.33 Å². The van der Waals surface area contributed by atoms with E-state index in [2.05, 4.69) is 4.98 Å². The number of hydrogen-bond donors (Lipinski definition) is 1. The number of nitrogens with zero attached hydrogens (tertiary/aromatic N) is 3. The van der Waals surface area contributed by atoms with Gasteiger partial charge in [-0.1, -0.05) is 0 Å². The third-order valence-corrected chi connectivity index (χ3v) is 2.53. The Morgan fingerprint density at radius 3 is 2.80 bits per heavy atom. The standard InChI is InChI=1S/C9H11N3O3/c13-8(14)7-1-3-11(5-7)9(15)12-4-2-10-6-12/h2,4,6-7H,1,3,5H2,(H,13,14)/t7-/m0/s1. The molecule has 0 aliphatic carbocycles. The molecule has 1 aromatic heterocycles. The molecule has 1 aromatic rings. The summed E-state index contributed by atoms with van der Waals surface area (Å²) < 4.78 is 1.35. The molecule has 1 atom stereocenters. The minimum Gasteiger partial charge on any atom is -0.481 e. The van der Waals surface area contributed by atoms with Crippen molar-refractivity contribution in [1.29, 1.82) is 0 Å². The molecule has 0 radical (unpaired) electrons. The molecule has 15 heavy (non-hydrogen) atoms. The largest absolute Gasteiger partial charge is 0.481 e. The van der Waals surface area contributed by atoms with Crippen LogP contribution in [-0.2, 0) is 4.79 Å². The smallest absolute Gasteiger partial charge is 0.329 e. The second-order valence-corrected chi connectivity index (χ2v) is 3.52. The molecule has 0 spiro atoms. The molecular weight excluding hydrogens is 198 g/mol. The first-order valence-electron chi connectivity index (χ1n) is 4.68. The molecule has 1 saturated heterocycles. The Labute approximate surface area is 86.1 Å². The van der Waals surface area contributed by atoms with Crippen LogP contribution < -0.4 is 0 Å². The van der Waals surface area contributed by atoms with Crippen LogP contribution in [0.2, 0.25) is 0 Å². The molecule has 1 aliphatic heterocycles. The van der Waals surface area contributed by atoms with Gasteiger partial charge in [0.25, 0.3) is 0 Å². The first-order chi connectivity index (χ1) is 7.18. The van der Waals surface area contributed by atoms with Crippen LogP contribution in [0, 0.1) is 5.92 Å². The Bertz CT molecular complexity index is 374. The molecule has 2 heterocycles. The van der Waals surface area contributed by atoms with Crippen molar-refractivity contribution in [3.8, 4) is 0 Å². The summed E-state index contributed by atoms with van der Waals surface area (Å²) in [6.07, 6.45) is 5.01. The fourth-order valence-electron chi connectivity index (χ4n) is 1.67. The van der Waals surface area contributed by atoms with Crippen LogP contribution in [0.1, 0.15) is 6.42 Å². The van der Waals surface area contributed by atoms with Crippen molar-refractivity contribution in [1.82, 2.24) is 14.5 Å². The topological polar surface area (TPSA) is 75.4 Å². The molecular formula is C9H11N3O3. The lowest BCUT2D eigenvalue weighted by atomic mass is 10.1. The third-order valence-electron chi connectivity index (χ3n) is 2.53. The Balaban J connectivity index is 2.02. The molecule has 0 unspecified atom stereocenters. The number of aliphatic carboxylic acids is 1. The van der Waals surface area contributed by atoms with Crippen molar-refractivity contribution in [2.45, 2.75) is 6.42 Å². The number of likely N-dealkylation sites (tertiary alicyclic amines) is 1. The number of carboxylic acid groups (broad SMARTS) is 1. The summed E-state index contributed by atoms with van der Waals surface area (Å²) in [5, 5.41) is 8.79. The lowest BCUT2D eigenvalue weighted by Gasteiger charge is -2.15. The van der Waals surface area contributed by atoms with Crippen molar-refractivity contribution >= 4 is 12.0 Å². The van der Waals surface area contributed by atoms with Gasteiger partial charge in [0.2, 0.25) is 0 Å². The number of hydrogen-bond acceptors (Lipinski definition) is 3. The second-order valence-electron chi connectivity index (χ2n) is 3.52. The number of carboxylic acids is 1. The number of carbonyl (C=O) groups excluding carboxylic acids is 1. The van der Waals surface area contributed by atoms with E-state index in [0.29, 0.717) is 13.0 Å². The zero-order chi connectivity index (χ0) is 10.8. The normalized spacial score (nSPS) is 20.5. The summed E-state index contributed by atoms with van der Waals surface area (Å²) in [5.41, 5.74) is 0. The van der Waals surface area contributed by atoms with Crippen LogP contribution in [0.25, 0.3) is 0 Å². The zero-order valence-electron chi connectivity index (χ0n) is 8.04. The number of amides is 1. The second kappa shape index (κ2) is 3.72. The number of aromatic nitrogens is 2. The van der Waals surface area contributed by atoms with Gasteiger partial charge in [-0.2, -0.15) is 0 Å². The molecule has 2 rings (SSSR count). The first kappa shape index (κ1) is 9.70. The predicted molar refractivity (Wildman–Crippen MR) is 50.3 cm³/mol. The maximum atomic E-state index is 11.7. The highest BCUT2D eigenvalue weighted by atomic mass is 16.4. The average Bonchev–Trinajstić information content (AvgIpc) is 2.88. The van der Waals surface area contributed by atoms with Gasteiger partial charge in [-0.05, 0) is 6.42 Å². The van der Waals surface area contributed by atoms with E-state index >= 15 is 0 Å². The lowest BCUT2D eigenvalue weighted by molar-refractivity contribution is -0.141. The van der Waals surface area contributed by atoms with Crippen molar-refractivity contribution in [3.63, 3.8) is 0 Å². The summed E-state index contributed by atoms with van der Waals surface area (Å²) in [5.74, 6) is -1.27. The van der Waals surface area contributed by atoms with Crippen molar-refractivity contribution in [2.24, 2.45) is 5.92 Å². The molecule has 0 saturated carbocycles. The van der Waals surface area contributed by atoms with Gasteiger partial charge >= 0.3 is 12.0 Å². The van der Waals surface area contributed by atoms with E-state index in [1.807, 2.05) is 0 Å². The Hall–Kier alpha value is -1.85. The summed E-state index contributed by atoms with van der Waals surface area (Å²) in [4.78, 5) is 27.7. The van der Waals surface area contributed by atoms with Gasteiger partial charge in [0.05, 0.1) is 5.92 Å². The molecule has 6 heteroatoms. The Morgan fingerprint density at radius 1 is 1.47 bits per heavy atom. The van der Waals surface area contributed by atoms with Gasteiger partial charge in [-0.15, -0.1) is 0 Å². The van der Waals surface area contributed by atoms with E-state index in [4.69, 9.17) is 5.11 Å². The van der Waals surface area contributed by atoms with E-state index < -0.39 is 11.9 Å². The summed E-state index contributed by atoms with van der Waals surface area (Å²) in [7, 11) is 0. The van der Waals surface area contributed by atoms with Crippen LogP contribution in [0.5, 0.6) is 0 Å². The van der Waals surface area contributed by atoms with E-state index in [-0.39, 0.29) is 12.6 Å². The highest BCUT2D eigenvalue weighted by Gasteiger charge is 2.31. The van der Waals surface area contributed by atoms with Gasteiger partial charge in [-0.3, -0.25) is 9.36 Å². The first-order valence-corrected chi connectivity index (χ1v) is 4.68. The maximum absolute atomic E-state index is 11.7. The van der Waals surface area contributed by atoms with Crippen molar-refractivity contribution in [3.05, 3.63) is 18.7 Å². The van der Waals surface area contributed by atoms with E-state index in [1.165, 1.54) is 22.0 Å². The Morgan fingerprint density at radius 2 is 2.27 bits per heavy atom. The summed E-state index contributed by atoms with van der Waals surface area (Å²) >= 11 is 0. The van der Waals surface area contributed by atoms with Gasteiger partial charge in [0.15, 0.2) is 0 Å². The maximum Gasteiger partial charge on any atom is 0.329 e. The Kier molecular flexibility index (Phi) is 2.40. The lowest BCUT2D eigenvalue weighted by Crippen LogP contribution is -2.32. The fourth-order valence-corrected chi connectivity index (χ4v) is 1.67. The average molecular weight is 209 g/mol. The van der Waals surface area contributed by atoms with E-state index in [1.54, 1.807) is 6.20 Å². The molecule has 80 valence electrons. The molecule has 1 N–H and O–H groups in total. The molecule has 0 bridgehead atoms. The molecule has 1 amide bonds. The monoisotopic (exact) mass is 209 g/mol. The fraction of sp³-hybridized carbons (Fsp3) is 0.444. The van der Waals surface area contributed by atoms with Crippen LogP contribution in [-0.4, -0.2) is 44.6 Å². The van der Waals surface area contributed by atoms with Crippen molar-refractivity contribution < 1.29 is 14.7 Å². The van der Waals surface area contributed by atoms with Crippen LogP contribution in [0.3, 0.4) is 0 Å². The summed E-state index contributed by atoms with van der Waals surface area (Å²) in [6.45, 7) is 0.778. The molecule has 1 aliphatic rings. The highest BCUT2D eigenvalue weighted by Crippen LogP contribution is 2.17. The van der Waals surface area contributed by atoms with Crippen LogP contribution in [0.15, 0.2) is 18.7 Å². The molecule has 6 nitrogen and oxygen atoms in total. The van der Waals surface area contributed by atoms with Crippen LogP contribution >= 0.6 is 0 Å². The van der Waals surface area contributed by atoms with Gasteiger partial charge < -0.3 is 10.0 Å². The summed E-state index contributed by atoms with van der Waals surface area (Å²) in [6, 6.07) is -0.212. The SMILES string of the molecule is O=C(O)[C@H]1CCN(C(=O)n2ccnc2)C1. The number of rotatable bonds is 1. The van der Waals surface area contributed by atoms with E-state index in [9.17, 15) is 9.59 Å². The van der Waals surface area contributed by atoms with Gasteiger partial charge in [0, 0.05) is 25.5 Å². The quantitative estimate of drug-likeness (QED) is 0.719. The molecule has 0 aromatic carbocycles. The highest BCUT2D eigenvalue weighted by molar-refractivity contribution is 5.79. The third kappa shape index (κ3) is 1.83. The van der Waals surface area contributed by atoms with Crippen molar-refractivity contribution in [2.75, 3.05) is 13.1 Å². The minimum atomic E-state index is -0.837.